The van der Waals surface area contributed by atoms with E-state index in [1.54, 1.807) is 34.3 Å². The van der Waals surface area contributed by atoms with Crippen molar-refractivity contribution >= 4 is 6.29 Å². The van der Waals surface area contributed by atoms with Gasteiger partial charge >= 0.3 is 0 Å². The largest absolute Gasteiger partial charge is 0.497 e. The summed E-state index contributed by atoms with van der Waals surface area (Å²) in [6.45, 7) is 6.70. The van der Waals surface area contributed by atoms with Crippen LogP contribution in [0.1, 0.15) is 26.3 Å². The minimum atomic E-state index is -0.326. The fourth-order valence-corrected chi connectivity index (χ4v) is 1.35. The number of nitrogens with one attached hydrogen (secondary N) is 1. The zero-order valence-corrected chi connectivity index (χ0v) is 15.3. The number of hydrogen-bond acceptors (Lipinski definition) is 5. The topological polar surface area (TPSA) is 73.6 Å². The van der Waals surface area contributed by atoms with Gasteiger partial charge in [-0.15, -0.1) is 0 Å². The minimum absolute atomic E-state index is 0.326. The molecule has 0 aromatic heterocycles. The van der Waals surface area contributed by atoms with Crippen molar-refractivity contribution in [2.45, 2.75) is 33.4 Å². The van der Waals surface area contributed by atoms with Crippen molar-refractivity contribution in [3.05, 3.63) is 41.5 Å². The summed E-state index contributed by atoms with van der Waals surface area (Å²) in [5.41, 5.74) is 7.36. The third-order valence-electron chi connectivity index (χ3n) is 3.00. The van der Waals surface area contributed by atoms with Crippen molar-refractivity contribution in [1.29, 1.82) is 0 Å². The Bertz CT molecular complexity index is 392. The molecule has 0 saturated carbocycles. The van der Waals surface area contributed by atoms with E-state index in [0.29, 0.717) is 5.57 Å². The molecule has 23 heavy (non-hydrogen) atoms. The molecular weight excluding hydrogens is 292 g/mol. The molecule has 1 atom stereocenters. The van der Waals surface area contributed by atoms with E-state index in [4.69, 9.17) is 10.5 Å². The lowest BCUT2D eigenvalue weighted by Gasteiger charge is -2.07. The fraction of sp³-hybridized carbons (Fsp3) is 0.500. The lowest BCUT2D eigenvalue weighted by Crippen LogP contribution is -2.36. The van der Waals surface area contributed by atoms with Crippen LogP contribution in [0, 0.1) is 0 Å². The van der Waals surface area contributed by atoms with Gasteiger partial charge in [0.25, 0.3) is 0 Å². The summed E-state index contributed by atoms with van der Waals surface area (Å²) in [4.78, 5) is 10.1. The van der Waals surface area contributed by atoms with Gasteiger partial charge in [-0.2, -0.15) is 0 Å². The molecule has 5 nitrogen and oxygen atoms in total. The van der Waals surface area contributed by atoms with Crippen molar-refractivity contribution in [3.8, 4) is 5.75 Å². The number of ether oxygens (including phenoxy) is 2. The molecule has 0 bridgehead atoms. The van der Waals surface area contributed by atoms with E-state index in [0.717, 1.165) is 25.1 Å². The predicted molar refractivity (Wildman–Crippen MR) is 96.8 cm³/mol. The Morgan fingerprint density at radius 2 is 1.78 bits per heavy atom. The van der Waals surface area contributed by atoms with Crippen LogP contribution < -0.4 is 15.8 Å². The number of likely N-dealkylation sites (N-methyl/N-ethyl adjacent to an activating group) is 1. The van der Waals surface area contributed by atoms with Crippen LogP contribution in [0.15, 0.2) is 35.9 Å². The number of methoxy groups -OCH3 is 2. The highest BCUT2D eigenvalue weighted by atomic mass is 16.5. The average Bonchev–Trinajstić information content (AvgIpc) is 2.63. The molecule has 1 aromatic rings. The molecule has 1 unspecified atom stereocenters. The summed E-state index contributed by atoms with van der Waals surface area (Å²) < 4.78 is 9.56. The van der Waals surface area contributed by atoms with Gasteiger partial charge in [0.2, 0.25) is 0 Å². The summed E-state index contributed by atoms with van der Waals surface area (Å²) in [6, 6.07) is 8.13. The highest BCUT2D eigenvalue weighted by Gasteiger charge is 2.01. The highest BCUT2D eigenvalue weighted by Crippen LogP contribution is 2.10. The molecule has 0 fully saturated rings. The number of carbonyl (C=O) groups is 1. The third-order valence-corrected chi connectivity index (χ3v) is 3.00. The quantitative estimate of drug-likeness (QED) is 0.478. The van der Waals surface area contributed by atoms with E-state index in [9.17, 15) is 4.79 Å². The van der Waals surface area contributed by atoms with E-state index in [-0.39, 0.29) is 6.17 Å². The Labute approximate surface area is 140 Å². The molecule has 0 radical (unpaired) electrons. The molecule has 0 amide bonds. The number of carbonyl (C=O) groups excluding carboxylic acids is 1. The molecule has 1 aromatic carbocycles. The Balaban J connectivity index is 0. The van der Waals surface area contributed by atoms with Crippen molar-refractivity contribution < 1.29 is 14.3 Å². The maximum absolute atomic E-state index is 10.1. The van der Waals surface area contributed by atoms with Gasteiger partial charge in [-0.05, 0) is 45.0 Å². The van der Waals surface area contributed by atoms with Crippen LogP contribution in [0.3, 0.4) is 0 Å². The van der Waals surface area contributed by atoms with Gasteiger partial charge < -0.3 is 20.5 Å². The number of aryl methyl sites for hydroxylation is 1. The van der Waals surface area contributed by atoms with E-state index < -0.39 is 0 Å². The molecule has 0 spiro atoms. The van der Waals surface area contributed by atoms with Crippen molar-refractivity contribution in [2.24, 2.45) is 5.73 Å². The number of benzene rings is 1. The van der Waals surface area contributed by atoms with E-state index in [1.807, 2.05) is 19.1 Å². The summed E-state index contributed by atoms with van der Waals surface area (Å²) in [5.74, 6) is 0.928. The minimum Gasteiger partial charge on any atom is -0.497 e. The molecule has 5 heteroatoms. The zero-order chi connectivity index (χ0) is 18.1. The SMILES string of the molecule is C/C=C(/C=O)C(N)NC.CCOC.CCc1ccc(OC)cc1. The van der Waals surface area contributed by atoms with Crippen LogP contribution in [0.25, 0.3) is 0 Å². The number of aldehydes is 1. The predicted octanol–water partition coefficient (Wildman–Crippen LogP) is 2.55. The lowest BCUT2D eigenvalue weighted by atomic mass is 10.2. The molecule has 0 aliphatic rings. The van der Waals surface area contributed by atoms with Gasteiger partial charge in [-0.25, -0.2) is 0 Å². The third kappa shape index (κ3) is 12.5. The van der Waals surface area contributed by atoms with E-state index in [2.05, 4.69) is 29.1 Å². The Morgan fingerprint density at radius 3 is 2.00 bits per heavy atom. The maximum atomic E-state index is 10.1. The first-order chi connectivity index (χ1) is 11.0. The summed E-state index contributed by atoms with van der Waals surface area (Å²) >= 11 is 0. The maximum Gasteiger partial charge on any atom is 0.148 e. The smallest absolute Gasteiger partial charge is 0.148 e. The Hall–Kier alpha value is -1.69. The molecule has 1 rings (SSSR count). The number of nitrogens with two attached hydrogens (primary N) is 1. The second kappa shape index (κ2) is 16.7. The van der Waals surface area contributed by atoms with E-state index in [1.165, 1.54) is 5.56 Å². The summed E-state index contributed by atoms with van der Waals surface area (Å²) in [7, 11) is 5.07. The van der Waals surface area contributed by atoms with Crippen LogP contribution in [-0.4, -0.2) is 40.3 Å². The normalized spacial score (nSPS) is 11.3. The van der Waals surface area contributed by atoms with Gasteiger partial charge in [0.05, 0.1) is 13.3 Å². The van der Waals surface area contributed by atoms with Gasteiger partial charge in [-0.3, -0.25) is 4.79 Å². The van der Waals surface area contributed by atoms with Crippen LogP contribution in [0.4, 0.5) is 0 Å². The van der Waals surface area contributed by atoms with Crippen LogP contribution in [0.2, 0.25) is 0 Å². The first kappa shape index (κ1) is 23.6. The van der Waals surface area contributed by atoms with Crippen LogP contribution in [0.5, 0.6) is 5.75 Å². The first-order valence-corrected chi connectivity index (χ1v) is 7.70. The molecule has 0 heterocycles. The highest BCUT2D eigenvalue weighted by molar-refractivity contribution is 5.74. The molecule has 3 N–H and O–H groups in total. The van der Waals surface area contributed by atoms with Crippen molar-refractivity contribution in [2.75, 3.05) is 27.9 Å². The molecule has 0 aliphatic heterocycles. The summed E-state index contributed by atoms with van der Waals surface area (Å²) in [6.07, 6.45) is 3.20. The molecule has 0 aliphatic carbocycles. The fourth-order valence-electron chi connectivity index (χ4n) is 1.35. The second-order valence-electron chi connectivity index (χ2n) is 4.45. The summed E-state index contributed by atoms with van der Waals surface area (Å²) in [5, 5.41) is 2.75. The molecule has 0 saturated heterocycles. The Morgan fingerprint density at radius 1 is 1.26 bits per heavy atom. The average molecular weight is 324 g/mol. The van der Waals surface area contributed by atoms with Crippen molar-refractivity contribution in [1.82, 2.24) is 5.32 Å². The monoisotopic (exact) mass is 324 g/mol. The zero-order valence-electron chi connectivity index (χ0n) is 15.3. The van der Waals surface area contributed by atoms with Crippen LogP contribution >= 0.6 is 0 Å². The van der Waals surface area contributed by atoms with Gasteiger partial charge in [0.1, 0.15) is 12.0 Å². The standard InChI is InChI=1S/C9H12O.C6H12N2O.C3H8O/c1-3-8-4-6-9(10-2)7-5-8;1-3-5(4-9)6(7)8-2;1-3-4-2/h4-7H,3H2,1-2H3;3-4,6,8H,7H2,1-2H3;3H2,1-2H3/b;5-3-;. The molecule has 132 valence electrons. The Kier molecular flexibility index (Phi) is 17.1. The van der Waals surface area contributed by atoms with Gasteiger partial charge in [0, 0.05) is 19.3 Å². The van der Waals surface area contributed by atoms with Gasteiger partial charge in [0.15, 0.2) is 0 Å². The lowest BCUT2D eigenvalue weighted by molar-refractivity contribution is -0.105. The number of allylic oxidation sites excluding steroid dienone is 1. The van der Waals surface area contributed by atoms with Crippen LogP contribution in [-0.2, 0) is 16.0 Å². The first-order valence-electron chi connectivity index (χ1n) is 7.70. The van der Waals surface area contributed by atoms with E-state index >= 15 is 0 Å². The number of rotatable bonds is 6. The van der Waals surface area contributed by atoms with Gasteiger partial charge in [-0.1, -0.05) is 25.1 Å². The second-order valence-corrected chi connectivity index (χ2v) is 4.45. The number of hydrogen-bond donors (Lipinski definition) is 2. The molecular formula is C18H32N2O3. The van der Waals surface area contributed by atoms with Crippen molar-refractivity contribution in [3.63, 3.8) is 0 Å².